The van der Waals surface area contributed by atoms with E-state index in [1.807, 2.05) is 30.3 Å². The number of benzene rings is 3. The van der Waals surface area contributed by atoms with Crippen LogP contribution in [0.4, 0.5) is 5.69 Å². The van der Waals surface area contributed by atoms with Gasteiger partial charge in [0.05, 0.1) is 20.3 Å². The number of aliphatic hydroxyl groups is 2. The van der Waals surface area contributed by atoms with Gasteiger partial charge in [-0.25, -0.2) is 4.21 Å². The fraction of sp³-hybridized carbons (Fsp3) is 0.250. The van der Waals surface area contributed by atoms with Gasteiger partial charge in [-0.15, -0.1) is 0 Å². The van der Waals surface area contributed by atoms with Gasteiger partial charge in [0.2, 0.25) is 12.2 Å². The third-order valence-electron chi connectivity index (χ3n) is 5.72. The molecule has 41 heavy (non-hydrogen) atoms. The van der Waals surface area contributed by atoms with E-state index < -0.39 is 23.5 Å². The summed E-state index contributed by atoms with van der Waals surface area (Å²) < 4.78 is 53.0. The molecule has 3 aromatic rings. The van der Waals surface area contributed by atoms with Crippen molar-refractivity contribution in [2.45, 2.75) is 12.7 Å². The van der Waals surface area contributed by atoms with Crippen LogP contribution >= 0.6 is 0 Å². The molecule has 0 saturated heterocycles. The molecule has 0 bridgehead atoms. The topological polar surface area (TPSA) is 156 Å². The van der Waals surface area contributed by atoms with Gasteiger partial charge in [0.25, 0.3) is 17.2 Å². The standard InChI is InChI=1S/C28H30N2O10S/c1-36-22-9-5-6-10-23(22)39-27-21(16-20(28(33)29-11-12-31)17-24(27)37-14-13-32)30(41(34)35)25-18-38-26(40-25)15-19-7-3-2-4-8-19/h2-10,16-18,26,31-32H,11-15H2,1H3,(H,29,33)(H,34,35). The Morgan fingerprint density at radius 3 is 2.44 bits per heavy atom. The molecule has 0 aromatic heterocycles. The molecule has 0 saturated carbocycles. The summed E-state index contributed by atoms with van der Waals surface area (Å²) in [5.74, 6) is -0.215. The number of nitrogens with zero attached hydrogens (tertiary/aromatic N) is 1. The van der Waals surface area contributed by atoms with E-state index in [2.05, 4.69) is 5.32 Å². The van der Waals surface area contributed by atoms with Crippen molar-refractivity contribution in [1.29, 1.82) is 0 Å². The number of carbonyl (C=O) groups is 1. The third-order valence-corrected chi connectivity index (χ3v) is 6.41. The lowest BCUT2D eigenvalue weighted by atomic mass is 10.1. The minimum atomic E-state index is -2.75. The van der Waals surface area contributed by atoms with Crippen LogP contribution in [0.3, 0.4) is 0 Å². The van der Waals surface area contributed by atoms with E-state index in [1.165, 1.54) is 25.5 Å². The van der Waals surface area contributed by atoms with E-state index in [1.54, 1.807) is 24.3 Å². The van der Waals surface area contributed by atoms with E-state index in [0.29, 0.717) is 12.2 Å². The number of hydrogen-bond donors (Lipinski definition) is 4. The Bertz CT molecular complexity index is 1390. The molecule has 0 fully saturated rings. The van der Waals surface area contributed by atoms with Crippen LogP contribution in [0.5, 0.6) is 23.0 Å². The first-order valence-electron chi connectivity index (χ1n) is 12.5. The Balaban J connectivity index is 1.79. The summed E-state index contributed by atoms with van der Waals surface area (Å²) in [6, 6.07) is 18.8. The maximum absolute atomic E-state index is 12.9. The van der Waals surface area contributed by atoms with Crippen molar-refractivity contribution in [3.8, 4) is 23.0 Å². The molecular formula is C28H30N2O10S. The highest BCUT2D eigenvalue weighted by molar-refractivity contribution is 7.81. The Kier molecular flexibility index (Phi) is 10.4. The molecule has 1 heterocycles. The molecule has 13 heteroatoms. The van der Waals surface area contributed by atoms with Crippen molar-refractivity contribution in [3.05, 3.63) is 90.0 Å². The van der Waals surface area contributed by atoms with Crippen LogP contribution in [0.2, 0.25) is 0 Å². The van der Waals surface area contributed by atoms with Gasteiger partial charge in [-0.2, -0.15) is 4.31 Å². The smallest absolute Gasteiger partial charge is 0.269 e. The molecule has 3 aromatic carbocycles. The maximum Gasteiger partial charge on any atom is 0.269 e. The van der Waals surface area contributed by atoms with E-state index >= 15 is 0 Å². The molecule has 2 atom stereocenters. The van der Waals surface area contributed by atoms with Crippen LogP contribution in [-0.2, 0) is 27.2 Å². The zero-order valence-corrected chi connectivity index (χ0v) is 22.9. The first-order chi connectivity index (χ1) is 19.9. The maximum atomic E-state index is 12.9. The SMILES string of the molecule is COc1ccccc1Oc1c(OCCO)cc(C(=O)NCCO)cc1N(C1=COC(Cc2ccccc2)O1)S(=O)O. The minimum absolute atomic E-state index is 0.0181. The van der Waals surface area contributed by atoms with Gasteiger partial charge in [0.15, 0.2) is 23.0 Å². The number of ether oxygens (including phenoxy) is 5. The lowest BCUT2D eigenvalue weighted by Gasteiger charge is -2.25. The number of methoxy groups -OCH3 is 1. The van der Waals surface area contributed by atoms with Gasteiger partial charge in [-0.05, 0) is 29.8 Å². The number of rotatable bonds is 14. The largest absolute Gasteiger partial charge is 0.493 e. The van der Waals surface area contributed by atoms with Crippen LogP contribution in [0.15, 0.2) is 78.9 Å². The summed E-state index contributed by atoms with van der Waals surface area (Å²) in [5.41, 5.74) is 0.854. The summed E-state index contributed by atoms with van der Waals surface area (Å²) in [4.78, 5) is 12.9. The van der Waals surface area contributed by atoms with Gasteiger partial charge >= 0.3 is 0 Å². The molecular weight excluding hydrogens is 556 g/mol. The normalized spacial score (nSPS) is 14.7. The molecule has 0 spiro atoms. The number of aliphatic hydroxyl groups excluding tert-OH is 2. The average Bonchev–Trinajstić information content (AvgIpc) is 3.43. The van der Waals surface area contributed by atoms with Gasteiger partial charge in [0, 0.05) is 18.5 Å². The van der Waals surface area contributed by atoms with Crippen molar-refractivity contribution in [3.63, 3.8) is 0 Å². The fourth-order valence-corrected chi connectivity index (χ4v) is 4.46. The Labute approximate surface area is 239 Å². The quantitative estimate of drug-likeness (QED) is 0.207. The number of hydrogen-bond acceptors (Lipinski definition) is 9. The predicted molar refractivity (Wildman–Crippen MR) is 149 cm³/mol. The van der Waals surface area contributed by atoms with E-state index in [0.717, 1.165) is 9.87 Å². The lowest BCUT2D eigenvalue weighted by Crippen LogP contribution is -2.29. The zero-order chi connectivity index (χ0) is 29.2. The molecule has 1 aliphatic heterocycles. The van der Waals surface area contributed by atoms with Gasteiger partial charge in [-0.3, -0.25) is 9.35 Å². The molecule has 1 amide bonds. The van der Waals surface area contributed by atoms with Gasteiger partial charge in [0.1, 0.15) is 18.6 Å². The van der Waals surface area contributed by atoms with E-state index in [-0.39, 0.29) is 60.7 Å². The second kappa shape index (κ2) is 14.4. The first kappa shape index (κ1) is 29.7. The second-order valence-electron chi connectivity index (χ2n) is 8.48. The highest BCUT2D eigenvalue weighted by atomic mass is 32.2. The summed E-state index contributed by atoms with van der Waals surface area (Å²) in [7, 11) is 1.46. The molecule has 218 valence electrons. The van der Waals surface area contributed by atoms with Gasteiger partial charge in [-0.1, -0.05) is 42.5 Å². The monoisotopic (exact) mass is 586 g/mol. The van der Waals surface area contributed by atoms with Crippen molar-refractivity contribution < 1.29 is 47.5 Å². The second-order valence-corrected chi connectivity index (χ2v) is 9.31. The number of carbonyl (C=O) groups excluding carboxylic acids is 1. The van der Waals surface area contributed by atoms with Crippen molar-refractivity contribution >= 4 is 22.9 Å². The number of anilines is 1. The molecule has 0 radical (unpaired) electrons. The van der Waals surface area contributed by atoms with Crippen LogP contribution < -0.4 is 23.8 Å². The summed E-state index contributed by atoms with van der Waals surface area (Å²) in [5, 5.41) is 21.1. The summed E-state index contributed by atoms with van der Waals surface area (Å²) in [6.07, 6.45) is 0.755. The first-order valence-corrected chi connectivity index (χ1v) is 13.6. The zero-order valence-electron chi connectivity index (χ0n) is 22.1. The van der Waals surface area contributed by atoms with Crippen LogP contribution in [0, 0.1) is 0 Å². The van der Waals surface area contributed by atoms with Crippen molar-refractivity contribution in [2.75, 3.05) is 37.8 Å². The number of para-hydroxylation sites is 2. The van der Waals surface area contributed by atoms with Crippen LogP contribution in [0.25, 0.3) is 0 Å². The fourth-order valence-electron chi connectivity index (χ4n) is 3.92. The minimum Gasteiger partial charge on any atom is -0.493 e. The number of amides is 1. The van der Waals surface area contributed by atoms with Crippen molar-refractivity contribution in [2.24, 2.45) is 0 Å². The molecule has 2 unspecified atom stereocenters. The van der Waals surface area contributed by atoms with E-state index in [4.69, 9.17) is 28.8 Å². The van der Waals surface area contributed by atoms with Gasteiger partial charge < -0.3 is 39.2 Å². The molecule has 4 N–H and O–H groups in total. The average molecular weight is 587 g/mol. The molecule has 1 aliphatic rings. The predicted octanol–water partition coefficient (Wildman–Crippen LogP) is 2.94. The Morgan fingerprint density at radius 2 is 1.76 bits per heavy atom. The highest BCUT2D eigenvalue weighted by Crippen LogP contribution is 2.46. The Morgan fingerprint density at radius 1 is 1.02 bits per heavy atom. The molecule has 0 aliphatic carbocycles. The van der Waals surface area contributed by atoms with E-state index in [9.17, 15) is 18.7 Å². The van der Waals surface area contributed by atoms with Crippen LogP contribution in [0.1, 0.15) is 15.9 Å². The lowest BCUT2D eigenvalue weighted by molar-refractivity contribution is -0.0298. The van der Waals surface area contributed by atoms with Crippen molar-refractivity contribution in [1.82, 2.24) is 5.32 Å². The summed E-state index contributed by atoms with van der Waals surface area (Å²) >= 11 is -2.75. The summed E-state index contributed by atoms with van der Waals surface area (Å²) in [6.45, 7) is -0.856. The molecule has 12 nitrogen and oxygen atoms in total. The highest BCUT2D eigenvalue weighted by Gasteiger charge is 2.33. The van der Waals surface area contributed by atoms with Crippen LogP contribution in [-0.4, -0.2) is 64.6 Å². The third kappa shape index (κ3) is 7.46. The molecule has 4 rings (SSSR count). The Hall–Kier alpha value is -4.30. The number of nitrogens with one attached hydrogen (secondary N) is 1.